The van der Waals surface area contributed by atoms with Crippen molar-refractivity contribution in [3.63, 3.8) is 0 Å². The summed E-state index contributed by atoms with van der Waals surface area (Å²) in [6.07, 6.45) is 15.3. The van der Waals surface area contributed by atoms with E-state index in [0.717, 1.165) is 105 Å². The molecule has 2 aromatic heterocycles. The number of fused-ring (bicyclic) bond motifs is 7. The number of aryl methyl sites for hydroxylation is 1. The molecule has 52 heavy (non-hydrogen) atoms. The van der Waals surface area contributed by atoms with Gasteiger partial charge in [0, 0.05) is 23.3 Å². The zero-order valence-electron chi connectivity index (χ0n) is 31.4. The van der Waals surface area contributed by atoms with Crippen LogP contribution in [0.3, 0.4) is 0 Å². The van der Waals surface area contributed by atoms with E-state index in [4.69, 9.17) is 4.98 Å². The van der Waals surface area contributed by atoms with Crippen LogP contribution in [0.4, 0.5) is 0 Å². The van der Waals surface area contributed by atoms with Gasteiger partial charge in [-0.15, -0.1) is 5.10 Å². The highest BCUT2D eigenvalue weighted by Crippen LogP contribution is 2.52. The number of carbonyl (C=O) groups excluding carboxylic acids is 1. The third-order valence-electron chi connectivity index (χ3n) is 12.7. The number of rotatable bonds is 8. The molecule has 2 atom stereocenters. The van der Waals surface area contributed by atoms with Gasteiger partial charge in [0.2, 0.25) is 5.91 Å². The van der Waals surface area contributed by atoms with Crippen LogP contribution in [-0.2, 0) is 16.6 Å². The molecule has 2 saturated heterocycles. The molecule has 0 radical (unpaired) electrons. The summed E-state index contributed by atoms with van der Waals surface area (Å²) < 4.78 is 4.94. The van der Waals surface area contributed by atoms with Gasteiger partial charge in [-0.2, -0.15) is 4.98 Å². The minimum atomic E-state index is -0.340. The average Bonchev–Trinajstić information content (AvgIpc) is 3.84. The van der Waals surface area contributed by atoms with Crippen molar-refractivity contribution in [1.29, 1.82) is 0 Å². The van der Waals surface area contributed by atoms with Crippen LogP contribution in [0.2, 0.25) is 0 Å². The number of halogens is 1. The summed E-state index contributed by atoms with van der Waals surface area (Å²) in [6.45, 7) is 12.7. The Balaban J connectivity index is 0.897. The van der Waals surface area contributed by atoms with Crippen LogP contribution in [0.5, 0.6) is 0 Å². The van der Waals surface area contributed by atoms with Crippen LogP contribution in [-0.4, -0.2) is 72.5 Å². The molecule has 5 heterocycles. The van der Waals surface area contributed by atoms with Crippen molar-refractivity contribution in [1.82, 2.24) is 34.3 Å². The van der Waals surface area contributed by atoms with Crippen molar-refractivity contribution in [3.8, 4) is 5.69 Å². The van der Waals surface area contributed by atoms with Crippen molar-refractivity contribution < 1.29 is 4.79 Å². The molecular weight excluding hydrogens is 714 g/mol. The minimum absolute atomic E-state index is 0.126. The van der Waals surface area contributed by atoms with E-state index >= 15 is 0 Å². The van der Waals surface area contributed by atoms with Gasteiger partial charge < -0.3 is 9.80 Å². The summed E-state index contributed by atoms with van der Waals surface area (Å²) in [4.78, 5) is 36.5. The number of unbranched alkanes of at least 4 members (excludes halogenated alkanes) is 1. The highest BCUT2D eigenvalue weighted by molar-refractivity contribution is 9.10. The molecule has 10 heteroatoms. The van der Waals surface area contributed by atoms with Gasteiger partial charge in [0.05, 0.1) is 27.7 Å². The van der Waals surface area contributed by atoms with Crippen molar-refractivity contribution in [2.24, 2.45) is 5.41 Å². The highest BCUT2D eigenvalue weighted by Gasteiger charge is 2.47. The smallest absolute Gasteiger partial charge is 0.281 e. The number of carbonyl (C=O) groups is 1. The minimum Gasteiger partial charge on any atom is -0.338 e. The molecule has 3 fully saturated rings. The zero-order chi connectivity index (χ0) is 36.2. The van der Waals surface area contributed by atoms with E-state index in [9.17, 15) is 9.59 Å². The topological polar surface area (TPSA) is 89.2 Å². The van der Waals surface area contributed by atoms with Gasteiger partial charge in [-0.25, -0.2) is 4.68 Å². The highest BCUT2D eigenvalue weighted by atomic mass is 79.9. The lowest BCUT2D eigenvalue weighted by Gasteiger charge is -2.35. The van der Waals surface area contributed by atoms with E-state index < -0.39 is 0 Å². The van der Waals surface area contributed by atoms with Gasteiger partial charge in [-0.1, -0.05) is 63.4 Å². The Morgan fingerprint density at radius 2 is 1.79 bits per heavy atom. The van der Waals surface area contributed by atoms with Gasteiger partial charge in [0.1, 0.15) is 11.9 Å². The molecule has 4 aromatic rings. The summed E-state index contributed by atoms with van der Waals surface area (Å²) in [6, 6.07) is 13.2. The molecule has 9 nitrogen and oxygen atoms in total. The lowest BCUT2D eigenvalue weighted by molar-refractivity contribution is -0.139. The Morgan fingerprint density at radius 3 is 2.52 bits per heavy atom. The summed E-state index contributed by atoms with van der Waals surface area (Å²) in [5, 5.41) is 9.65. The van der Waals surface area contributed by atoms with Gasteiger partial charge in [-0.05, 0) is 141 Å². The lowest BCUT2D eigenvalue weighted by atomic mass is 9.69. The number of hydrogen-bond acceptors (Lipinski definition) is 6. The zero-order valence-corrected chi connectivity index (χ0v) is 33.0. The van der Waals surface area contributed by atoms with E-state index in [0.29, 0.717) is 17.3 Å². The van der Waals surface area contributed by atoms with Crippen LogP contribution < -0.4 is 5.56 Å². The van der Waals surface area contributed by atoms with E-state index in [-0.39, 0.29) is 28.3 Å². The fourth-order valence-electron chi connectivity index (χ4n) is 9.93. The maximum absolute atomic E-state index is 13.6. The number of amides is 1. The second kappa shape index (κ2) is 14.1. The Kier molecular flexibility index (Phi) is 9.68. The third-order valence-corrected chi connectivity index (χ3v) is 13.4. The molecule has 0 bridgehead atoms. The largest absolute Gasteiger partial charge is 0.338 e. The summed E-state index contributed by atoms with van der Waals surface area (Å²) >= 11 is 3.63. The third kappa shape index (κ3) is 6.35. The molecule has 2 unspecified atom stereocenters. The Labute approximate surface area is 316 Å². The molecular formula is C42H54BrN7O2. The normalized spacial score (nSPS) is 21.2. The molecule has 8 rings (SSSR count). The van der Waals surface area contributed by atoms with Crippen molar-refractivity contribution in [3.05, 3.63) is 80.1 Å². The first-order valence-electron chi connectivity index (χ1n) is 19.9. The standard InChI is InChI=1S/C42H54BrN7O2/c1-28-12-11-23-48(28)39(52)37(41(2,3)4)49-27-31(45-46-49)13-6-9-22-47-24-18-29(19-25-47)30-16-17-34-32(26-30)42(20-7-5-8-21-42)40-44-38(51)36-33(43)14-10-15-35(36)50(34)40/h10,14-17,26-29,37H,5-9,11-13,18-25H2,1-4H3. The van der Waals surface area contributed by atoms with Crippen LogP contribution in [0.15, 0.2) is 51.9 Å². The predicted octanol–water partition coefficient (Wildman–Crippen LogP) is 8.10. The van der Waals surface area contributed by atoms with Crippen LogP contribution in [0, 0.1) is 5.41 Å². The SMILES string of the molecule is CC1CCCN1C(=O)C(n1cc(CCCCN2CCC(c3ccc4c(c3)C3(CCCCC3)c3nc(=O)c5c(Br)cccc5n3-4)CC2)nn1)C(C)(C)C. The molecule has 1 amide bonds. The molecule has 1 saturated carbocycles. The number of benzene rings is 2. The van der Waals surface area contributed by atoms with E-state index in [2.05, 4.69) is 87.7 Å². The molecule has 4 aliphatic rings. The van der Waals surface area contributed by atoms with Gasteiger partial charge in [-0.3, -0.25) is 14.2 Å². The van der Waals surface area contributed by atoms with E-state index in [1.54, 1.807) is 0 Å². The second-order valence-corrected chi connectivity index (χ2v) is 18.0. The quantitative estimate of drug-likeness (QED) is 0.169. The first-order valence-corrected chi connectivity index (χ1v) is 20.6. The van der Waals surface area contributed by atoms with Crippen LogP contribution in [0.25, 0.3) is 16.6 Å². The van der Waals surface area contributed by atoms with Gasteiger partial charge in [0.25, 0.3) is 5.56 Å². The summed E-state index contributed by atoms with van der Waals surface area (Å²) in [5.74, 6) is 1.67. The molecule has 3 aliphatic heterocycles. The van der Waals surface area contributed by atoms with Crippen molar-refractivity contribution >= 4 is 32.7 Å². The first-order chi connectivity index (χ1) is 25.0. The number of likely N-dealkylation sites (tertiary alicyclic amines) is 2. The first kappa shape index (κ1) is 35.6. The Bertz CT molecular complexity index is 2010. The monoisotopic (exact) mass is 767 g/mol. The molecule has 1 aliphatic carbocycles. The number of nitrogens with zero attached hydrogens (tertiary/aromatic N) is 7. The summed E-state index contributed by atoms with van der Waals surface area (Å²) in [5.41, 5.74) is 5.41. The maximum atomic E-state index is 13.6. The Hall–Kier alpha value is -3.37. The molecule has 0 N–H and O–H groups in total. The predicted molar refractivity (Wildman–Crippen MR) is 209 cm³/mol. The van der Waals surface area contributed by atoms with E-state index in [1.807, 2.05) is 27.9 Å². The summed E-state index contributed by atoms with van der Waals surface area (Å²) in [7, 11) is 0. The fourth-order valence-corrected chi connectivity index (χ4v) is 10.5. The van der Waals surface area contributed by atoms with Gasteiger partial charge in [0.15, 0.2) is 0 Å². The number of hydrogen-bond donors (Lipinski definition) is 0. The second-order valence-electron chi connectivity index (χ2n) is 17.2. The average molecular weight is 769 g/mol. The maximum Gasteiger partial charge on any atom is 0.281 e. The fraction of sp³-hybridized carbons (Fsp3) is 0.595. The van der Waals surface area contributed by atoms with Crippen molar-refractivity contribution in [2.45, 2.75) is 128 Å². The molecule has 276 valence electrons. The van der Waals surface area contributed by atoms with E-state index in [1.165, 1.54) is 36.1 Å². The van der Waals surface area contributed by atoms with Crippen LogP contribution in [0.1, 0.15) is 133 Å². The Morgan fingerprint density at radius 1 is 1.00 bits per heavy atom. The molecule has 1 spiro atoms. The van der Waals surface area contributed by atoms with Crippen molar-refractivity contribution in [2.75, 3.05) is 26.2 Å². The molecule has 2 aromatic carbocycles. The number of aromatic nitrogens is 5. The lowest BCUT2D eigenvalue weighted by Crippen LogP contribution is -2.44. The van der Waals surface area contributed by atoms with Crippen LogP contribution >= 0.6 is 15.9 Å². The number of piperidine rings is 1. The van der Waals surface area contributed by atoms with Gasteiger partial charge >= 0.3 is 0 Å².